The van der Waals surface area contributed by atoms with E-state index in [0.717, 1.165) is 50.9 Å². The minimum Gasteiger partial charge on any atom is -0.373 e. The Bertz CT molecular complexity index is 710. The molecule has 0 saturated carbocycles. The first-order valence-corrected chi connectivity index (χ1v) is 9.38. The third-order valence-electron chi connectivity index (χ3n) is 4.65. The molecule has 0 bridgehead atoms. The van der Waals surface area contributed by atoms with Gasteiger partial charge in [-0.15, -0.1) is 24.0 Å². The van der Waals surface area contributed by atoms with Crippen LogP contribution in [0, 0.1) is 0 Å². The number of guanidine groups is 1. The van der Waals surface area contributed by atoms with Gasteiger partial charge in [-0.1, -0.05) is 30.3 Å². The van der Waals surface area contributed by atoms with Crippen LogP contribution in [0.2, 0.25) is 0 Å². The van der Waals surface area contributed by atoms with Gasteiger partial charge in [0.2, 0.25) is 0 Å². The van der Waals surface area contributed by atoms with E-state index in [1.165, 1.54) is 5.56 Å². The fourth-order valence-electron chi connectivity index (χ4n) is 3.15. The van der Waals surface area contributed by atoms with Crippen molar-refractivity contribution < 1.29 is 4.74 Å². The molecule has 1 aliphatic rings. The van der Waals surface area contributed by atoms with E-state index in [-0.39, 0.29) is 29.6 Å². The van der Waals surface area contributed by atoms with E-state index in [0.29, 0.717) is 6.54 Å². The topological polar surface area (TPSA) is 63.5 Å². The van der Waals surface area contributed by atoms with Crippen molar-refractivity contribution in [2.75, 3.05) is 19.7 Å². The normalized spacial score (nSPS) is 19.6. The molecule has 2 heterocycles. The highest BCUT2D eigenvalue weighted by Crippen LogP contribution is 2.23. The van der Waals surface area contributed by atoms with Crippen molar-refractivity contribution >= 4 is 29.9 Å². The zero-order valence-electron chi connectivity index (χ0n) is 16.1. The molecule has 148 valence electrons. The summed E-state index contributed by atoms with van der Waals surface area (Å²) < 4.78 is 7.99. The van der Waals surface area contributed by atoms with Crippen LogP contribution in [0.5, 0.6) is 0 Å². The number of nitrogens with zero attached hydrogens (tertiary/aromatic N) is 3. The number of benzene rings is 1. The van der Waals surface area contributed by atoms with Gasteiger partial charge >= 0.3 is 0 Å². The Labute approximate surface area is 178 Å². The first-order valence-electron chi connectivity index (χ1n) is 9.38. The van der Waals surface area contributed by atoms with Gasteiger partial charge in [-0.05, 0) is 32.3 Å². The molecule has 1 aromatic heterocycles. The van der Waals surface area contributed by atoms with Gasteiger partial charge in [0.15, 0.2) is 5.96 Å². The molecular weight excluding hydrogens is 453 g/mol. The lowest BCUT2D eigenvalue weighted by molar-refractivity contribution is 0.0243. The molecule has 1 unspecified atom stereocenters. The Balaban J connectivity index is 0.00000261. The molecule has 7 heteroatoms. The summed E-state index contributed by atoms with van der Waals surface area (Å²) >= 11 is 0. The average molecular weight is 483 g/mol. The zero-order chi connectivity index (χ0) is 18.2. The van der Waals surface area contributed by atoms with Gasteiger partial charge in [-0.2, -0.15) is 0 Å². The highest BCUT2D eigenvalue weighted by molar-refractivity contribution is 14.0. The predicted molar refractivity (Wildman–Crippen MR) is 120 cm³/mol. The summed E-state index contributed by atoms with van der Waals surface area (Å²) in [4.78, 5) is 9.18. The molecule has 0 spiro atoms. The maximum atomic E-state index is 5.84. The van der Waals surface area contributed by atoms with Gasteiger partial charge in [-0.3, -0.25) is 0 Å². The Morgan fingerprint density at radius 3 is 2.81 bits per heavy atom. The highest BCUT2D eigenvalue weighted by Gasteiger charge is 2.29. The summed E-state index contributed by atoms with van der Waals surface area (Å²) in [6.07, 6.45) is 6.05. The Hall–Kier alpha value is -1.61. The molecule has 1 fully saturated rings. The number of hydrogen-bond acceptors (Lipinski definition) is 3. The first kappa shape index (κ1) is 21.7. The number of rotatable bonds is 7. The summed E-state index contributed by atoms with van der Waals surface area (Å²) in [6.45, 7) is 8.00. The molecule has 1 atom stereocenters. The molecule has 1 saturated heterocycles. The number of hydrogen-bond donors (Lipinski definition) is 2. The fourth-order valence-corrected chi connectivity index (χ4v) is 3.15. The molecule has 2 aromatic rings. The number of nitrogens with one attached hydrogen (secondary N) is 2. The van der Waals surface area contributed by atoms with Gasteiger partial charge in [0.25, 0.3) is 0 Å². The van der Waals surface area contributed by atoms with Crippen molar-refractivity contribution in [1.29, 1.82) is 0 Å². The quantitative estimate of drug-likeness (QED) is 0.361. The van der Waals surface area contributed by atoms with Crippen molar-refractivity contribution in [2.24, 2.45) is 4.99 Å². The number of halogens is 1. The van der Waals surface area contributed by atoms with Gasteiger partial charge in [0, 0.05) is 38.6 Å². The Morgan fingerprint density at radius 2 is 2.11 bits per heavy atom. The molecule has 6 nitrogen and oxygen atoms in total. The SMILES string of the molecule is CCNC(=NCc1nccn1Cc1ccccc1)NCC1(C)CCCO1.I. The number of ether oxygens (including phenoxy) is 1. The van der Waals surface area contributed by atoms with Crippen LogP contribution in [0.1, 0.15) is 38.1 Å². The van der Waals surface area contributed by atoms with E-state index < -0.39 is 0 Å². The van der Waals surface area contributed by atoms with Gasteiger partial charge in [0.1, 0.15) is 12.4 Å². The zero-order valence-corrected chi connectivity index (χ0v) is 18.5. The second-order valence-electron chi connectivity index (χ2n) is 6.91. The molecule has 27 heavy (non-hydrogen) atoms. The van der Waals surface area contributed by atoms with Crippen LogP contribution in [0.15, 0.2) is 47.7 Å². The molecule has 0 radical (unpaired) electrons. The maximum absolute atomic E-state index is 5.84. The molecule has 1 aromatic carbocycles. The van der Waals surface area contributed by atoms with Gasteiger partial charge in [0.05, 0.1) is 5.60 Å². The number of aromatic nitrogens is 2. The number of aliphatic imine (C=N–C) groups is 1. The van der Waals surface area contributed by atoms with Crippen molar-refractivity contribution in [1.82, 2.24) is 20.2 Å². The molecule has 1 aliphatic heterocycles. The summed E-state index contributed by atoms with van der Waals surface area (Å²) in [5.74, 6) is 1.76. The molecule has 2 N–H and O–H groups in total. The van der Waals surface area contributed by atoms with Gasteiger partial charge < -0.3 is 19.9 Å². The molecule has 3 rings (SSSR count). The van der Waals surface area contributed by atoms with E-state index in [1.54, 1.807) is 0 Å². The average Bonchev–Trinajstić information content (AvgIpc) is 3.28. The Kier molecular flexibility index (Phi) is 8.56. The largest absolute Gasteiger partial charge is 0.373 e. The minimum absolute atomic E-state index is 0. The molecular formula is C20H30IN5O. The van der Waals surface area contributed by atoms with Crippen LogP contribution in [0.4, 0.5) is 0 Å². The molecule has 0 amide bonds. The maximum Gasteiger partial charge on any atom is 0.191 e. The second-order valence-corrected chi connectivity index (χ2v) is 6.91. The van der Waals surface area contributed by atoms with E-state index in [1.807, 2.05) is 18.5 Å². The van der Waals surface area contributed by atoms with E-state index >= 15 is 0 Å². The fraction of sp³-hybridized carbons (Fsp3) is 0.500. The van der Waals surface area contributed by atoms with Crippen molar-refractivity contribution in [3.63, 3.8) is 0 Å². The lowest BCUT2D eigenvalue weighted by atomic mass is 10.0. The lowest BCUT2D eigenvalue weighted by Gasteiger charge is -2.24. The highest BCUT2D eigenvalue weighted by atomic mass is 127. The van der Waals surface area contributed by atoms with Crippen LogP contribution in [0.3, 0.4) is 0 Å². The minimum atomic E-state index is -0.0953. The predicted octanol–water partition coefficient (Wildman–Crippen LogP) is 3.17. The van der Waals surface area contributed by atoms with Gasteiger partial charge in [-0.25, -0.2) is 9.98 Å². The standard InChI is InChI=1S/C20H29N5O.HI/c1-3-21-19(24-16-20(2)10-7-13-26-20)23-14-18-22-11-12-25(18)15-17-8-5-4-6-9-17;/h4-6,8-9,11-12H,3,7,10,13-16H2,1-2H3,(H2,21,23,24);1H. The van der Waals surface area contributed by atoms with Crippen LogP contribution in [-0.2, 0) is 17.8 Å². The monoisotopic (exact) mass is 483 g/mol. The molecule has 0 aliphatic carbocycles. The van der Waals surface area contributed by atoms with E-state index in [2.05, 4.69) is 58.3 Å². The Morgan fingerprint density at radius 1 is 1.30 bits per heavy atom. The van der Waals surface area contributed by atoms with Crippen LogP contribution in [-0.4, -0.2) is 40.8 Å². The van der Waals surface area contributed by atoms with E-state index in [9.17, 15) is 0 Å². The summed E-state index contributed by atoms with van der Waals surface area (Å²) in [5.41, 5.74) is 1.16. The van der Waals surface area contributed by atoms with Crippen molar-refractivity contribution in [3.8, 4) is 0 Å². The van der Waals surface area contributed by atoms with Crippen LogP contribution < -0.4 is 10.6 Å². The summed E-state index contributed by atoms with van der Waals surface area (Å²) in [5, 5.41) is 6.71. The van der Waals surface area contributed by atoms with Crippen molar-refractivity contribution in [2.45, 2.75) is 45.4 Å². The summed E-state index contributed by atoms with van der Waals surface area (Å²) in [6, 6.07) is 10.4. The van der Waals surface area contributed by atoms with Crippen LogP contribution in [0.25, 0.3) is 0 Å². The van der Waals surface area contributed by atoms with Crippen LogP contribution >= 0.6 is 24.0 Å². The lowest BCUT2D eigenvalue weighted by Crippen LogP contribution is -2.45. The number of imidazole rings is 1. The van der Waals surface area contributed by atoms with E-state index in [4.69, 9.17) is 9.73 Å². The smallest absolute Gasteiger partial charge is 0.191 e. The summed E-state index contributed by atoms with van der Waals surface area (Å²) in [7, 11) is 0. The third-order valence-corrected chi connectivity index (χ3v) is 4.65. The van der Waals surface area contributed by atoms with Crippen molar-refractivity contribution in [3.05, 3.63) is 54.1 Å². The first-order chi connectivity index (χ1) is 12.7. The third kappa shape index (κ3) is 6.49. The second kappa shape index (κ2) is 10.7.